The van der Waals surface area contributed by atoms with Crippen molar-refractivity contribution in [3.63, 3.8) is 0 Å². The fraction of sp³-hybridized carbons (Fsp3) is 0.500. The molecule has 0 aromatic carbocycles. The third-order valence-corrected chi connectivity index (χ3v) is 2.61. The topological polar surface area (TPSA) is 54.4 Å². The van der Waals surface area contributed by atoms with E-state index in [0.29, 0.717) is 37.2 Å². The van der Waals surface area contributed by atoms with Crippen molar-refractivity contribution < 1.29 is 9.84 Å². The van der Waals surface area contributed by atoms with Crippen molar-refractivity contribution >= 4 is 17.4 Å². The number of nitrogens with one attached hydrogen (secondary N) is 1. The number of aromatic nitrogens is 1. The Bertz CT molecular complexity index is 340. The van der Waals surface area contributed by atoms with Crippen LogP contribution in [0.3, 0.4) is 0 Å². The van der Waals surface area contributed by atoms with Gasteiger partial charge in [-0.1, -0.05) is 17.7 Å². The Hall–Kier alpha value is -0.840. The molecule has 2 rings (SSSR count). The summed E-state index contributed by atoms with van der Waals surface area (Å²) in [5.74, 6) is 0.669. The number of hydrogen-bond donors (Lipinski definition) is 2. The van der Waals surface area contributed by atoms with Gasteiger partial charge in [-0.3, -0.25) is 0 Å². The van der Waals surface area contributed by atoms with Crippen LogP contribution in [0.2, 0.25) is 5.15 Å². The zero-order valence-corrected chi connectivity index (χ0v) is 9.00. The van der Waals surface area contributed by atoms with Crippen LogP contribution in [0.4, 0.5) is 5.82 Å². The van der Waals surface area contributed by atoms with E-state index < -0.39 is 5.60 Å². The van der Waals surface area contributed by atoms with E-state index in [0.717, 1.165) is 0 Å². The molecule has 0 saturated carbocycles. The first kappa shape index (κ1) is 10.7. The monoisotopic (exact) mass is 228 g/mol. The van der Waals surface area contributed by atoms with Gasteiger partial charge in [0, 0.05) is 19.6 Å². The van der Waals surface area contributed by atoms with Gasteiger partial charge < -0.3 is 15.2 Å². The first-order valence-electron chi connectivity index (χ1n) is 4.85. The first-order valence-corrected chi connectivity index (χ1v) is 5.22. The number of pyridine rings is 1. The Morgan fingerprint density at radius 3 is 3.13 bits per heavy atom. The molecule has 1 aliphatic rings. The van der Waals surface area contributed by atoms with Crippen LogP contribution in [0.5, 0.6) is 0 Å². The predicted octanol–water partition coefficient (Wildman–Crippen LogP) is 1.30. The van der Waals surface area contributed by atoms with Gasteiger partial charge >= 0.3 is 0 Å². The number of halogens is 1. The van der Waals surface area contributed by atoms with E-state index in [1.807, 2.05) is 12.1 Å². The van der Waals surface area contributed by atoms with Gasteiger partial charge in [-0.15, -0.1) is 0 Å². The lowest BCUT2D eigenvalue weighted by Crippen LogP contribution is -2.37. The molecule has 5 heteroatoms. The van der Waals surface area contributed by atoms with Crippen molar-refractivity contribution in [3.8, 4) is 0 Å². The number of anilines is 1. The molecule has 1 aromatic heterocycles. The van der Waals surface area contributed by atoms with E-state index in [1.165, 1.54) is 0 Å². The molecule has 0 aliphatic carbocycles. The van der Waals surface area contributed by atoms with Gasteiger partial charge in [0.1, 0.15) is 16.6 Å². The van der Waals surface area contributed by atoms with Gasteiger partial charge in [-0.25, -0.2) is 4.98 Å². The summed E-state index contributed by atoms with van der Waals surface area (Å²) in [4.78, 5) is 4.07. The molecular weight excluding hydrogens is 216 g/mol. The van der Waals surface area contributed by atoms with Crippen LogP contribution in [-0.4, -0.2) is 35.5 Å². The Morgan fingerprint density at radius 1 is 1.60 bits per heavy atom. The molecule has 0 radical (unpaired) electrons. The number of hydrogen-bond acceptors (Lipinski definition) is 4. The van der Waals surface area contributed by atoms with E-state index in [2.05, 4.69) is 10.3 Å². The maximum atomic E-state index is 9.97. The summed E-state index contributed by atoms with van der Waals surface area (Å²) >= 11 is 5.74. The average molecular weight is 229 g/mol. The van der Waals surface area contributed by atoms with Gasteiger partial charge in [-0.2, -0.15) is 0 Å². The fourth-order valence-corrected chi connectivity index (χ4v) is 1.66. The lowest BCUT2D eigenvalue weighted by atomic mass is 10.0. The van der Waals surface area contributed by atoms with Gasteiger partial charge in [0.15, 0.2) is 0 Å². The highest BCUT2D eigenvalue weighted by Crippen LogP contribution is 2.19. The molecule has 0 bridgehead atoms. The molecule has 82 valence electrons. The van der Waals surface area contributed by atoms with Gasteiger partial charge in [0.2, 0.25) is 0 Å². The summed E-state index contributed by atoms with van der Waals surface area (Å²) in [6.45, 7) is 1.42. The lowest BCUT2D eigenvalue weighted by Gasteiger charge is -2.20. The number of aliphatic hydroxyl groups is 1. The van der Waals surface area contributed by atoms with Gasteiger partial charge in [-0.05, 0) is 12.1 Å². The smallest absolute Gasteiger partial charge is 0.131 e. The Kier molecular flexibility index (Phi) is 3.09. The predicted molar refractivity (Wildman–Crippen MR) is 58.1 cm³/mol. The molecule has 4 nitrogen and oxygen atoms in total. The normalized spacial score (nSPS) is 25.5. The number of nitrogens with zero attached hydrogens (tertiary/aromatic N) is 1. The largest absolute Gasteiger partial charge is 0.386 e. The van der Waals surface area contributed by atoms with E-state index in [-0.39, 0.29) is 0 Å². The van der Waals surface area contributed by atoms with Crippen molar-refractivity contribution in [1.82, 2.24) is 4.98 Å². The van der Waals surface area contributed by atoms with Crippen molar-refractivity contribution in [2.75, 3.05) is 25.1 Å². The van der Waals surface area contributed by atoms with Gasteiger partial charge in [0.05, 0.1) is 6.61 Å². The van der Waals surface area contributed by atoms with Crippen LogP contribution >= 0.6 is 11.6 Å². The summed E-state index contributed by atoms with van der Waals surface area (Å²) in [5, 5.41) is 13.5. The standard InChI is InChI=1S/C10H13ClN2O2/c11-8-2-1-3-9(13-8)12-6-10(14)4-5-15-7-10/h1-3,14H,4-7H2,(H,12,13). The van der Waals surface area contributed by atoms with Crippen LogP contribution in [0.1, 0.15) is 6.42 Å². The van der Waals surface area contributed by atoms with Crippen molar-refractivity contribution in [2.24, 2.45) is 0 Å². The molecule has 1 fully saturated rings. The van der Waals surface area contributed by atoms with Gasteiger partial charge in [0.25, 0.3) is 0 Å². The molecular formula is C10H13ClN2O2. The SMILES string of the molecule is OC1(CNc2cccc(Cl)n2)CCOC1. The summed E-state index contributed by atoms with van der Waals surface area (Å²) in [6, 6.07) is 5.33. The van der Waals surface area contributed by atoms with Crippen LogP contribution in [0.25, 0.3) is 0 Å². The number of rotatable bonds is 3. The second kappa shape index (κ2) is 4.35. The Labute approximate surface area is 93.2 Å². The van der Waals surface area contributed by atoms with Crippen LogP contribution in [0, 0.1) is 0 Å². The molecule has 1 saturated heterocycles. The Morgan fingerprint density at radius 2 is 2.47 bits per heavy atom. The van der Waals surface area contributed by atoms with Crippen molar-refractivity contribution in [2.45, 2.75) is 12.0 Å². The van der Waals surface area contributed by atoms with Crippen LogP contribution < -0.4 is 5.32 Å². The fourth-order valence-electron chi connectivity index (χ4n) is 1.50. The highest BCUT2D eigenvalue weighted by Gasteiger charge is 2.31. The summed E-state index contributed by atoms with van der Waals surface area (Å²) < 4.78 is 5.14. The maximum Gasteiger partial charge on any atom is 0.131 e. The molecule has 1 unspecified atom stereocenters. The lowest BCUT2D eigenvalue weighted by molar-refractivity contribution is 0.0381. The molecule has 2 heterocycles. The second-order valence-corrected chi connectivity index (χ2v) is 4.11. The molecule has 1 aliphatic heterocycles. The molecule has 1 atom stereocenters. The Balaban J connectivity index is 1.92. The molecule has 2 N–H and O–H groups in total. The van der Waals surface area contributed by atoms with E-state index >= 15 is 0 Å². The highest BCUT2D eigenvalue weighted by atomic mass is 35.5. The first-order chi connectivity index (χ1) is 7.18. The summed E-state index contributed by atoms with van der Waals surface area (Å²) in [6.07, 6.45) is 0.653. The number of ether oxygens (including phenoxy) is 1. The third kappa shape index (κ3) is 2.81. The maximum absolute atomic E-state index is 9.97. The minimum atomic E-state index is -0.774. The van der Waals surface area contributed by atoms with Crippen LogP contribution in [-0.2, 0) is 4.74 Å². The minimum Gasteiger partial charge on any atom is -0.386 e. The average Bonchev–Trinajstić information content (AvgIpc) is 2.63. The summed E-state index contributed by atoms with van der Waals surface area (Å²) in [7, 11) is 0. The van der Waals surface area contributed by atoms with Crippen molar-refractivity contribution in [3.05, 3.63) is 23.4 Å². The van der Waals surface area contributed by atoms with Crippen molar-refractivity contribution in [1.29, 1.82) is 0 Å². The quantitative estimate of drug-likeness (QED) is 0.766. The van der Waals surface area contributed by atoms with E-state index in [4.69, 9.17) is 16.3 Å². The third-order valence-electron chi connectivity index (χ3n) is 2.40. The highest BCUT2D eigenvalue weighted by molar-refractivity contribution is 6.29. The molecule has 0 spiro atoms. The second-order valence-electron chi connectivity index (χ2n) is 3.73. The molecule has 0 amide bonds. The van der Waals surface area contributed by atoms with E-state index in [1.54, 1.807) is 6.07 Å². The molecule has 1 aromatic rings. The zero-order chi connectivity index (χ0) is 10.7. The summed E-state index contributed by atoms with van der Waals surface area (Å²) in [5.41, 5.74) is -0.774. The zero-order valence-electron chi connectivity index (χ0n) is 8.24. The van der Waals surface area contributed by atoms with Crippen LogP contribution in [0.15, 0.2) is 18.2 Å². The van der Waals surface area contributed by atoms with E-state index in [9.17, 15) is 5.11 Å². The molecule has 15 heavy (non-hydrogen) atoms. The minimum absolute atomic E-state index is 0.376.